The number of nitrogens with zero attached hydrogens (tertiary/aromatic N) is 1. The summed E-state index contributed by atoms with van der Waals surface area (Å²) in [5, 5.41) is 2.56. The number of carbonyl (C=O) groups excluding carboxylic acids is 1. The Kier molecular flexibility index (Phi) is 6.46. The van der Waals surface area contributed by atoms with Gasteiger partial charge < -0.3 is 5.32 Å². The lowest BCUT2D eigenvalue weighted by atomic mass is 10.2. The summed E-state index contributed by atoms with van der Waals surface area (Å²) >= 11 is 3.20. The molecule has 0 fully saturated rings. The summed E-state index contributed by atoms with van der Waals surface area (Å²) in [7, 11) is -3.75. The van der Waals surface area contributed by atoms with E-state index in [-0.39, 0.29) is 10.5 Å². The van der Waals surface area contributed by atoms with Crippen LogP contribution in [0.15, 0.2) is 56.8 Å². The fourth-order valence-corrected chi connectivity index (χ4v) is 4.21. The Morgan fingerprint density at radius 1 is 1.07 bits per heavy atom. The Labute approximate surface area is 171 Å². The first kappa shape index (κ1) is 20.5. The summed E-state index contributed by atoms with van der Waals surface area (Å²) in [6.07, 6.45) is 3.49. The number of sulfonamides is 1. The molecule has 3 rings (SSSR count). The maximum atomic E-state index is 13.8. The fourth-order valence-electron chi connectivity index (χ4n) is 2.76. The van der Waals surface area contributed by atoms with Gasteiger partial charge in [0.25, 0.3) is 15.9 Å². The normalized spacial score (nSPS) is 14.7. The predicted molar refractivity (Wildman–Crippen MR) is 110 cm³/mol. The monoisotopic (exact) mass is 467 g/mol. The summed E-state index contributed by atoms with van der Waals surface area (Å²) in [5.74, 6) is -0.798. The van der Waals surface area contributed by atoms with Gasteiger partial charge in [-0.1, -0.05) is 22.4 Å². The minimum atomic E-state index is -3.75. The molecule has 0 bridgehead atoms. The smallest absolute Gasteiger partial charge is 0.262 e. The average Bonchev–Trinajstić information content (AvgIpc) is 2.92. The van der Waals surface area contributed by atoms with Gasteiger partial charge in [-0.05, 0) is 55.3 Å². The Balaban J connectivity index is 1.71. The van der Waals surface area contributed by atoms with Crippen LogP contribution in [-0.2, 0) is 10.0 Å². The van der Waals surface area contributed by atoms with E-state index in [0.29, 0.717) is 29.0 Å². The van der Waals surface area contributed by atoms with Crippen LogP contribution in [0, 0.1) is 5.82 Å². The van der Waals surface area contributed by atoms with Crippen molar-refractivity contribution in [3.63, 3.8) is 0 Å². The summed E-state index contributed by atoms with van der Waals surface area (Å²) in [4.78, 5) is 16.6. The van der Waals surface area contributed by atoms with Crippen LogP contribution in [0.2, 0.25) is 0 Å². The van der Waals surface area contributed by atoms with Crippen LogP contribution in [0.25, 0.3) is 0 Å². The van der Waals surface area contributed by atoms with Crippen molar-refractivity contribution in [2.24, 2.45) is 4.99 Å². The fraction of sp³-hybridized carbons (Fsp3) is 0.263. The number of amidine groups is 1. The lowest BCUT2D eigenvalue weighted by Crippen LogP contribution is -2.30. The molecule has 1 heterocycles. The molecule has 0 aromatic heterocycles. The first-order valence-electron chi connectivity index (χ1n) is 8.78. The molecule has 0 aliphatic carbocycles. The molecule has 148 valence electrons. The van der Waals surface area contributed by atoms with E-state index in [4.69, 9.17) is 0 Å². The first-order chi connectivity index (χ1) is 13.3. The summed E-state index contributed by atoms with van der Waals surface area (Å²) in [6, 6.07) is 9.74. The molecular weight excluding hydrogens is 449 g/mol. The number of rotatable bonds is 4. The SMILES string of the molecule is O=C(Nc1ccc(S(=O)(=O)NC2=NCCCCC2)cc1)c1cc(Br)ccc1F. The zero-order chi connectivity index (χ0) is 20.1. The second-order valence-corrected chi connectivity index (χ2v) is 8.95. The first-order valence-corrected chi connectivity index (χ1v) is 11.1. The highest BCUT2D eigenvalue weighted by atomic mass is 79.9. The third kappa shape index (κ3) is 5.17. The van der Waals surface area contributed by atoms with Crippen molar-refractivity contribution in [2.45, 2.75) is 30.6 Å². The Morgan fingerprint density at radius 2 is 1.82 bits per heavy atom. The van der Waals surface area contributed by atoms with Crippen LogP contribution in [-0.4, -0.2) is 26.7 Å². The third-order valence-electron chi connectivity index (χ3n) is 4.22. The number of nitrogens with one attached hydrogen (secondary N) is 2. The van der Waals surface area contributed by atoms with E-state index in [2.05, 4.69) is 31.0 Å². The van der Waals surface area contributed by atoms with Gasteiger partial charge in [0.1, 0.15) is 11.7 Å². The quantitative estimate of drug-likeness (QED) is 0.709. The summed E-state index contributed by atoms with van der Waals surface area (Å²) in [6.45, 7) is 0.620. The largest absolute Gasteiger partial charge is 0.322 e. The van der Waals surface area contributed by atoms with Crippen molar-refractivity contribution in [3.05, 3.63) is 58.3 Å². The molecule has 0 radical (unpaired) electrons. The Morgan fingerprint density at radius 3 is 2.57 bits per heavy atom. The van der Waals surface area contributed by atoms with Crippen LogP contribution >= 0.6 is 15.9 Å². The van der Waals surface area contributed by atoms with Crippen molar-refractivity contribution >= 4 is 43.4 Å². The maximum absolute atomic E-state index is 13.8. The Hall–Kier alpha value is -2.26. The van der Waals surface area contributed by atoms with Crippen molar-refractivity contribution < 1.29 is 17.6 Å². The molecule has 1 amide bonds. The second kappa shape index (κ2) is 8.83. The van der Waals surface area contributed by atoms with Gasteiger partial charge in [0.05, 0.1) is 10.5 Å². The second-order valence-electron chi connectivity index (χ2n) is 6.35. The molecular formula is C19H19BrFN3O3S. The van der Waals surface area contributed by atoms with Crippen molar-refractivity contribution in [2.75, 3.05) is 11.9 Å². The van der Waals surface area contributed by atoms with Crippen LogP contribution in [0.1, 0.15) is 36.0 Å². The number of hydrogen-bond acceptors (Lipinski definition) is 4. The Bertz CT molecular complexity index is 1010. The maximum Gasteiger partial charge on any atom is 0.262 e. The van der Waals surface area contributed by atoms with E-state index < -0.39 is 21.7 Å². The van der Waals surface area contributed by atoms with E-state index in [0.717, 1.165) is 19.3 Å². The molecule has 6 nitrogen and oxygen atoms in total. The van der Waals surface area contributed by atoms with Crippen LogP contribution in [0.5, 0.6) is 0 Å². The molecule has 0 spiro atoms. The van der Waals surface area contributed by atoms with Crippen LogP contribution in [0.4, 0.5) is 10.1 Å². The van der Waals surface area contributed by atoms with Crippen LogP contribution < -0.4 is 10.0 Å². The molecule has 0 saturated heterocycles. The summed E-state index contributed by atoms with van der Waals surface area (Å²) < 4.78 is 42.0. The van der Waals surface area contributed by atoms with Gasteiger partial charge in [0.15, 0.2) is 0 Å². The molecule has 2 aromatic rings. The van der Waals surface area contributed by atoms with Gasteiger partial charge in [-0.15, -0.1) is 0 Å². The molecule has 2 N–H and O–H groups in total. The standard InChI is InChI=1S/C19H19BrFN3O3S/c20-13-5-10-17(21)16(12-13)19(25)23-14-6-8-15(9-7-14)28(26,27)24-18-4-2-1-3-11-22-18/h5-10,12H,1-4,11H2,(H,22,24)(H,23,25). The molecule has 1 aliphatic rings. The third-order valence-corrected chi connectivity index (χ3v) is 6.11. The average molecular weight is 468 g/mol. The van der Waals surface area contributed by atoms with Gasteiger partial charge in [-0.25, -0.2) is 12.8 Å². The van der Waals surface area contributed by atoms with E-state index in [1.807, 2.05) is 0 Å². The lowest BCUT2D eigenvalue weighted by Gasteiger charge is -2.11. The molecule has 0 atom stereocenters. The van der Waals surface area contributed by atoms with E-state index >= 15 is 0 Å². The van der Waals surface area contributed by atoms with Crippen molar-refractivity contribution in [1.29, 1.82) is 0 Å². The molecule has 28 heavy (non-hydrogen) atoms. The molecule has 0 unspecified atom stereocenters. The van der Waals surface area contributed by atoms with Gasteiger partial charge in [0.2, 0.25) is 0 Å². The highest BCUT2D eigenvalue weighted by Crippen LogP contribution is 2.19. The number of anilines is 1. The predicted octanol–water partition coefficient (Wildman–Crippen LogP) is 4.09. The van der Waals surface area contributed by atoms with E-state index in [9.17, 15) is 17.6 Å². The minimum absolute atomic E-state index is 0.0612. The van der Waals surface area contributed by atoms with Gasteiger partial charge in [-0.3, -0.25) is 14.5 Å². The lowest BCUT2D eigenvalue weighted by molar-refractivity contribution is 0.102. The summed E-state index contributed by atoms with van der Waals surface area (Å²) in [5.41, 5.74) is 0.245. The molecule has 9 heteroatoms. The van der Waals surface area contributed by atoms with Crippen molar-refractivity contribution in [3.8, 4) is 0 Å². The number of amides is 1. The number of benzene rings is 2. The zero-order valence-corrected chi connectivity index (χ0v) is 17.3. The van der Waals surface area contributed by atoms with Crippen molar-refractivity contribution in [1.82, 2.24) is 4.72 Å². The van der Waals surface area contributed by atoms with E-state index in [1.165, 1.54) is 42.5 Å². The zero-order valence-electron chi connectivity index (χ0n) is 14.9. The number of hydrogen-bond donors (Lipinski definition) is 2. The number of aliphatic imine (C=N–C) groups is 1. The number of carbonyl (C=O) groups is 1. The highest BCUT2D eigenvalue weighted by Gasteiger charge is 2.18. The van der Waals surface area contributed by atoms with Crippen LogP contribution in [0.3, 0.4) is 0 Å². The van der Waals surface area contributed by atoms with Gasteiger partial charge >= 0.3 is 0 Å². The molecule has 2 aromatic carbocycles. The highest BCUT2D eigenvalue weighted by molar-refractivity contribution is 9.10. The molecule has 0 saturated carbocycles. The van der Waals surface area contributed by atoms with Gasteiger partial charge in [-0.2, -0.15) is 0 Å². The topological polar surface area (TPSA) is 87.6 Å². The number of halogens is 2. The molecule has 1 aliphatic heterocycles. The van der Waals surface area contributed by atoms with E-state index in [1.54, 1.807) is 0 Å². The minimum Gasteiger partial charge on any atom is -0.322 e. The van der Waals surface area contributed by atoms with Gasteiger partial charge in [0, 0.05) is 23.1 Å².